The fourth-order valence-electron chi connectivity index (χ4n) is 2.47. The summed E-state index contributed by atoms with van der Waals surface area (Å²) in [4.78, 5) is 14.0. The largest absolute Gasteiger partial charge is 0.378 e. The number of nitrogens with one attached hydrogen (secondary N) is 1. The molecule has 0 fully saturated rings. The van der Waals surface area contributed by atoms with Crippen molar-refractivity contribution in [2.45, 2.75) is 19.5 Å². The van der Waals surface area contributed by atoms with Gasteiger partial charge < -0.3 is 15.5 Å². The molecule has 2 rings (SSSR count). The lowest BCUT2D eigenvalue weighted by Gasteiger charge is -2.13. The summed E-state index contributed by atoms with van der Waals surface area (Å²) in [7, 11) is 3.94. The number of nitrogens with zero attached hydrogens (tertiary/aromatic N) is 1. The Bertz CT molecular complexity index is 717. The smallest absolute Gasteiger partial charge is 0.275 e. The van der Waals surface area contributed by atoms with Gasteiger partial charge in [0.15, 0.2) is 6.54 Å². The van der Waals surface area contributed by atoms with Crippen molar-refractivity contribution in [3.05, 3.63) is 65.2 Å². The maximum Gasteiger partial charge on any atom is 0.275 e. The SMILES string of the molecule is C[C@@H]([NH2+]CC(=O)NCc1ccc(N(C)C)cc1)c1ccc(F)cc1F. The minimum Gasteiger partial charge on any atom is -0.378 e. The first kappa shape index (κ1) is 18.9. The van der Waals surface area contributed by atoms with Gasteiger partial charge in [0.25, 0.3) is 5.91 Å². The number of amides is 1. The van der Waals surface area contributed by atoms with Crippen molar-refractivity contribution >= 4 is 11.6 Å². The number of carbonyl (C=O) groups is 1. The van der Waals surface area contributed by atoms with E-state index in [1.165, 1.54) is 12.1 Å². The zero-order valence-electron chi connectivity index (χ0n) is 14.7. The van der Waals surface area contributed by atoms with Crippen molar-refractivity contribution < 1.29 is 18.9 Å². The molecule has 0 radical (unpaired) electrons. The average Bonchev–Trinajstić information content (AvgIpc) is 2.58. The molecule has 1 amide bonds. The van der Waals surface area contributed by atoms with Gasteiger partial charge in [-0.15, -0.1) is 0 Å². The Kier molecular flexibility index (Phi) is 6.47. The van der Waals surface area contributed by atoms with Gasteiger partial charge in [-0.2, -0.15) is 0 Å². The molecule has 3 N–H and O–H groups in total. The second-order valence-electron chi connectivity index (χ2n) is 6.23. The van der Waals surface area contributed by atoms with Crippen LogP contribution in [-0.2, 0) is 11.3 Å². The van der Waals surface area contributed by atoms with Gasteiger partial charge in [-0.05, 0) is 36.8 Å². The quantitative estimate of drug-likeness (QED) is 0.804. The molecule has 0 unspecified atom stereocenters. The zero-order valence-corrected chi connectivity index (χ0v) is 14.7. The molecule has 0 aliphatic carbocycles. The normalized spacial score (nSPS) is 11.9. The van der Waals surface area contributed by atoms with Gasteiger partial charge in [0, 0.05) is 38.0 Å². The summed E-state index contributed by atoms with van der Waals surface area (Å²) in [6.07, 6.45) is 0. The summed E-state index contributed by atoms with van der Waals surface area (Å²) < 4.78 is 26.7. The maximum absolute atomic E-state index is 13.7. The van der Waals surface area contributed by atoms with E-state index in [1.807, 2.05) is 43.3 Å². The van der Waals surface area contributed by atoms with Crippen molar-refractivity contribution in [2.75, 3.05) is 25.5 Å². The van der Waals surface area contributed by atoms with Gasteiger partial charge in [0.1, 0.15) is 17.7 Å². The summed E-state index contributed by atoms with van der Waals surface area (Å²) >= 11 is 0. The summed E-state index contributed by atoms with van der Waals surface area (Å²) in [5, 5.41) is 4.56. The van der Waals surface area contributed by atoms with Crippen LogP contribution in [0.4, 0.5) is 14.5 Å². The highest BCUT2D eigenvalue weighted by atomic mass is 19.1. The van der Waals surface area contributed by atoms with E-state index in [9.17, 15) is 13.6 Å². The molecular formula is C19H24F2N3O+. The first-order chi connectivity index (χ1) is 11.9. The van der Waals surface area contributed by atoms with Crippen molar-refractivity contribution in [2.24, 2.45) is 0 Å². The van der Waals surface area contributed by atoms with E-state index in [0.29, 0.717) is 12.1 Å². The molecule has 1 atom stereocenters. The van der Waals surface area contributed by atoms with Crippen LogP contribution < -0.4 is 15.5 Å². The number of quaternary nitrogens is 1. The van der Waals surface area contributed by atoms with E-state index in [0.717, 1.165) is 17.3 Å². The predicted molar refractivity (Wildman–Crippen MR) is 94.2 cm³/mol. The number of rotatable bonds is 7. The van der Waals surface area contributed by atoms with Gasteiger partial charge in [0.2, 0.25) is 0 Å². The Morgan fingerprint density at radius 2 is 1.84 bits per heavy atom. The Labute approximate surface area is 146 Å². The summed E-state index contributed by atoms with van der Waals surface area (Å²) in [5.74, 6) is -1.33. The summed E-state index contributed by atoms with van der Waals surface area (Å²) in [6.45, 7) is 2.40. The molecule has 0 spiro atoms. The standard InChI is InChI=1S/C19H23F2N3O/c1-13(17-9-6-15(20)10-18(17)21)22-12-19(25)23-11-14-4-7-16(8-5-14)24(2)3/h4-10,13,22H,11-12H2,1-3H3,(H,23,25)/p+1/t13-/m1/s1. The van der Waals surface area contributed by atoms with Crippen molar-refractivity contribution in [3.63, 3.8) is 0 Å². The highest BCUT2D eigenvalue weighted by Gasteiger charge is 2.16. The van der Waals surface area contributed by atoms with Crippen LogP contribution in [-0.4, -0.2) is 26.5 Å². The highest BCUT2D eigenvalue weighted by Crippen LogP contribution is 2.14. The second kappa shape index (κ2) is 8.58. The summed E-state index contributed by atoms with van der Waals surface area (Å²) in [6, 6.07) is 11.1. The maximum atomic E-state index is 13.7. The van der Waals surface area contributed by atoms with Gasteiger partial charge in [0.05, 0.1) is 0 Å². The molecule has 134 valence electrons. The van der Waals surface area contributed by atoms with Crippen molar-refractivity contribution in [1.29, 1.82) is 0 Å². The monoisotopic (exact) mass is 348 g/mol. The van der Waals surface area contributed by atoms with Crippen LogP contribution in [0.25, 0.3) is 0 Å². The Morgan fingerprint density at radius 1 is 1.16 bits per heavy atom. The first-order valence-corrected chi connectivity index (χ1v) is 8.18. The molecule has 0 aliphatic heterocycles. The Morgan fingerprint density at radius 3 is 2.44 bits per heavy atom. The van der Waals surface area contributed by atoms with Crippen LogP contribution in [0.2, 0.25) is 0 Å². The van der Waals surface area contributed by atoms with E-state index >= 15 is 0 Å². The number of anilines is 1. The van der Waals surface area contributed by atoms with Crippen LogP contribution in [0.15, 0.2) is 42.5 Å². The molecule has 0 aliphatic rings. The topological polar surface area (TPSA) is 49.0 Å². The number of carbonyl (C=O) groups excluding carboxylic acids is 1. The molecular weight excluding hydrogens is 324 g/mol. The number of nitrogens with two attached hydrogens (primary N) is 1. The van der Waals surface area contributed by atoms with E-state index in [-0.39, 0.29) is 18.5 Å². The third-order valence-corrected chi connectivity index (χ3v) is 4.05. The minimum atomic E-state index is -0.605. The van der Waals surface area contributed by atoms with E-state index in [2.05, 4.69) is 5.32 Å². The second-order valence-corrected chi connectivity index (χ2v) is 6.23. The van der Waals surface area contributed by atoms with Crippen molar-refractivity contribution in [1.82, 2.24) is 5.32 Å². The van der Waals surface area contributed by atoms with Crippen LogP contribution in [0, 0.1) is 11.6 Å². The van der Waals surface area contributed by atoms with Crippen LogP contribution >= 0.6 is 0 Å². The van der Waals surface area contributed by atoms with Crippen LogP contribution in [0.1, 0.15) is 24.1 Å². The highest BCUT2D eigenvalue weighted by molar-refractivity contribution is 5.76. The number of halogens is 2. The molecule has 2 aromatic carbocycles. The van der Waals surface area contributed by atoms with Gasteiger partial charge in [-0.1, -0.05) is 12.1 Å². The van der Waals surface area contributed by atoms with Gasteiger partial charge >= 0.3 is 0 Å². The van der Waals surface area contributed by atoms with E-state index < -0.39 is 11.6 Å². The molecule has 0 saturated heterocycles. The fraction of sp³-hybridized carbons (Fsp3) is 0.316. The lowest BCUT2D eigenvalue weighted by molar-refractivity contribution is -0.682. The molecule has 0 saturated carbocycles. The molecule has 6 heteroatoms. The predicted octanol–water partition coefficient (Wildman–Crippen LogP) is 1.97. The molecule has 2 aromatic rings. The van der Waals surface area contributed by atoms with Crippen LogP contribution in [0.5, 0.6) is 0 Å². The third-order valence-electron chi connectivity index (χ3n) is 4.05. The molecule has 25 heavy (non-hydrogen) atoms. The number of hydrogen-bond acceptors (Lipinski definition) is 2. The minimum absolute atomic E-state index is 0.133. The zero-order chi connectivity index (χ0) is 18.4. The van der Waals surface area contributed by atoms with Crippen molar-refractivity contribution in [3.8, 4) is 0 Å². The van der Waals surface area contributed by atoms with Gasteiger partial charge in [-0.25, -0.2) is 8.78 Å². The molecule has 0 heterocycles. The van der Waals surface area contributed by atoms with Crippen LogP contribution in [0.3, 0.4) is 0 Å². The summed E-state index contributed by atoms with van der Waals surface area (Å²) in [5.41, 5.74) is 2.49. The molecule has 0 aromatic heterocycles. The van der Waals surface area contributed by atoms with Gasteiger partial charge in [-0.3, -0.25) is 4.79 Å². The number of hydrogen-bond donors (Lipinski definition) is 2. The Hall–Kier alpha value is -2.47. The van der Waals surface area contributed by atoms with E-state index in [4.69, 9.17) is 0 Å². The first-order valence-electron chi connectivity index (χ1n) is 8.18. The lowest BCUT2D eigenvalue weighted by Crippen LogP contribution is -2.87. The molecule has 0 bridgehead atoms. The molecule has 4 nitrogen and oxygen atoms in total. The lowest BCUT2D eigenvalue weighted by atomic mass is 10.1. The fourth-order valence-corrected chi connectivity index (χ4v) is 2.47. The average molecular weight is 348 g/mol. The Balaban J connectivity index is 1.80. The van der Waals surface area contributed by atoms with E-state index in [1.54, 1.807) is 12.2 Å². The third kappa shape index (κ3) is 5.53. The number of benzene rings is 2.